The van der Waals surface area contributed by atoms with Crippen LogP contribution in [0.5, 0.6) is 0 Å². The van der Waals surface area contributed by atoms with E-state index >= 15 is 0 Å². The largest absolute Gasteiger partial charge is 0.397 e. The summed E-state index contributed by atoms with van der Waals surface area (Å²) in [6, 6.07) is 5.62. The van der Waals surface area contributed by atoms with Crippen LogP contribution in [0.3, 0.4) is 0 Å². The van der Waals surface area contributed by atoms with E-state index in [0.29, 0.717) is 12.2 Å². The number of rotatable bonds is 4. The average Bonchev–Trinajstić information content (AvgIpc) is 2.09. The van der Waals surface area contributed by atoms with Crippen molar-refractivity contribution in [2.45, 2.75) is 6.92 Å². The van der Waals surface area contributed by atoms with Crippen LogP contribution in [-0.2, 0) is 9.84 Å². The van der Waals surface area contributed by atoms with Gasteiger partial charge in [-0.1, -0.05) is 6.07 Å². The van der Waals surface area contributed by atoms with Gasteiger partial charge in [0.2, 0.25) is 0 Å². The molecule has 1 aromatic carbocycles. The number of sulfone groups is 1. The first kappa shape index (κ1) is 11.8. The second-order valence-electron chi connectivity index (χ2n) is 3.65. The van der Waals surface area contributed by atoms with Crippen LogP contribution in [0.2, 0.25) is 0 Å². The first-order chi connectivity index (χ1) is 6.88. The summed E-state index contributed by atoms with van der Waals surface area (Å²) in [6.45, 7) is 2.34. The van der Waals surface area contributed by atoms with Crippen LogP contribution in [0.25, 0.3) is 0 Å². The van der Waals surface area contributed by atoms with Crippen LogP contribution in [0, 0.1) is 6.92 Å². The van der Waals surface area contributed by atoms with E-state index in [1.165, 1.54) is 6.26 Å². The van der Waals surface area contributed by atoms with E-state index in [1.807, 2.05) is 19.1 Å². The van der Waals surface area contributed by atoms with Gasteiger partial charge in [0.15, 0.2) is 0 Å². The molecule has 84 valence electrons. The van der Waals surface area contributed by atoms with Crippen LogP contribution in [0.15, 0.2) is 18.2 Å². The minimum Gasteiger partial charge on any atom is -0.397 e. The average molecular weight is 228 g/mol. The zero-order chi connectivity index (χ0) is 11.5. The van der Waals surface area contributed by atoms with Crippen molar-refractivity contribution in [3.63, 3.8) is 0 Å². The summed E-state index contributed by atoms with van der Waals surface area (Å²) in [5, 5.41) is 3.01. The maximum Gasteiger partial charge on any atom is 0.149 e. The van der Waals surface area contributed by atoms with E-state index < -0.39 is 9.84 Å². The van der Waals surface area contributed by atoms with Crippen LogP contribution < -0.4 is 11.1 Å². The SMILES string of the molecule is Cc1ccc(N)c(NCCS(C)(=O)=O)c1. The Morgan fingerprint density at radius 1 is 1.40 bits per heavy atom. The highest BCUT2D eigenvalue weighted by Gasteiger charge is 2.03. The number of hydrogen-bond acceptors (Lipinski definition) is 4. The van der Waals surface area contributed by atoms with Gasteiger partial charge in [0.05, 0.1) is 17.1 Å². The Hall–Kier alpha value is -1.23. The van der Waals surface area contributed by atoms with Crippen molar-refractivity contribution in [2.24, 2.45) is 0 Å². The summed E-state index contributed by atoms with van der Waals surface area (Å²) >= 11 is 0. The van der Waals surface area contributed by atoms with Gasteiger partial charge in [0.25, 0.3) is 0 Å². The van der Waals surface area contributed by atoms with Crippen LogP contribution in [0.4, 0.5) is 11.4 Å². The molecule has 0 saturated heterocycles. The summed E-state index contributed by atoms with van der Waals surface area (Å²) in [7, 11) is -2.92. The lowest BCUT2D eigenvalue weighted by atomic mass is 10.2. The molecule has 0 heterocycles. The van der Waals surface area contributed by atoms with E-state index in [4.69, 9.17) is 5.73 Å². The van der Waals surface area contributed by atoms with Gasteiger partial charge in [-0.3, -0.25) is 0 Å². The van der Waals surface area contributed by atoms with E-state index in [1.54, 1.807) is 6.07 Å². The highest BCUT2D eigenvalue weighted by atomic mass is 32.2. The third-order valence-electron chi connectivity index (χ3n) is 2.00. The fraction of sp³-hybridized carbons (Fsp3) is 0.400. The molecule has 0 aliphatic carbocycles. The molecule has 1 rings (SSSR count). The summed E-state index contributed by atoms with van der Waals surface area (Å²) in [6.07, 6.45) is 1.22. The molecule has 0 amide bonds. The predicted octanol–water partition coefficient (Wildman–Crippen LogP) is 1.03. The minimum atomic E-state index is -2.92. The Labute approximate surface area is 90.4 Å². The first-order valence-electron chi connectivity index (χ1n) is 4.66. The van der Waals surface area contributed by atoms with Gasteiger partial charge < -0.3 is 11.1 Å². The zero-order valence-corrected chi connectivity index (χ0v) is 9.76. The van der Waals surface area contributed by atoms with Crippen LogP contribution in [0.1, 0.15) is 5.56 Å². The molecule has 0 aliphatic heterocycles. The van der Waals surface area contributed by atoms with E-state index in [2.05, 4.69) is 5.32 Å². The van der Waals surface area contributed by atoms with Crippen molar-refractivity contribution in [3.05, 3.63) is 23.8 Å². The van der Waals surface area contributed by atoms with Gasteiger partial charge in [-0.25, -0.2) is 8.42 Å². The van der Waals surface area contributed by atoms with Crippen LogP contribution >= 0.6 is 0 Å². The van der Waals surface area contributed by atoms with Crippen molar-refractivity contribution >= 4 is 21.2 Å². The zero-order valence-electron chi connectivity index (χ0n) is 8.95. The Morgan fingerprint density at radius 3 is 2.67 bits per heavy atom. The lowest BCUT2D eigenvalue weighted by Gasteiger charge is -2.09. The lowest BCUT2D eigenvalue weighted by Crippen LogP contribution is -2.14. The molecule has 0 aromatic heterocycles. The second kappa shape index (κ2) is 4.53. The van der Waals surface area contributed by atoms with Crippen molar-refractivity contribution in [1.29, 1.82) is 0 Å². The van der Waals surface area contributed by atoms with Crippen LogP contribution in [-0.4, -0.2) is 27.0 Å². The summed E-state index contributed by atoms with van der Waals surface area (Å²) in [5.74, 6) is 0.111. The van der Waals surface area contributed by atoms with Gasteiger partial charge in [0, 0.05) is 12.8 Å². The number of aryl methyl sites for hydroxylation is 1. The number of benzene rings is 1. The maximum absolute atomic E-state index is 10.9. The Bertz CT molecular complexity index is 441. The molecule has 3 N–H and O–H groups in total. The van der Waals surface area contributed by atoms with E-state index in [9.17, 15) is 8.42 Å². The fourth-order valence-electron chi connectivity index (χ4n) is 1.19. The Morgan fingerprint density at radius 2 is 2.07 bits per heavy atom. The third kappa shape index (κ3) is 4.20. The Kier molecular flexibility index (Phi) is 3.57. The fourth-order valence-corrected chi connectivity index (χ4v) is 1.67. The van der Waals surface area contributed by atoms with E-state index in [0.717, 1.165) is 11.3 Å². The normalized spacial score (nSPS) is 11.3. The van der Waals surface area contributed by atoms with Crippen molar-refractivity contribution in [2.75, 3.05) is 29.6 Å². The third-order valence-corrected chi connectivity index (χ3v) is 2.94. The molecule has 0 saturated carbocycles. The quantitative estimate of drug-likeness (QED) is 0.755. The Balaban J connectivity index is 2.61. The minimum absolute atomic E-state index is 0.111. The number of anilines is 2. The van der Waals surface area contributed by atoms with Crippen molar-refractivity contribution in [1.82, 2.24) is 0 Å². The molecule has 0 bridgehead atoms. The molecule has 0 unspecified atom stereocenters. The molecule has 0 spiro atoms. The van der Waals surface area contributed by atoms with Gasteiger partial charge in [-0.05, 0) is 24.6 Å². The van der Waals surface area contributed by atoms with Gasteiger partial charge >= 0.3 is 0 Å². The summed E-state index contributed by atoms with van der Waals surface area (Å²) in [4.78, 5) is 0. The predicted molar refractivity (Wildman–Crippen MR) is 63.8 cm³/mol. The van der Waals surface area contributed by atoms with Gasteiger partial charge in [0.1, 0.15) is 9.84 Å². The second-order valence-corrected chi connectivity index (χ2v) is 5.91. The molecule has 1 aromatic rings. The highest BCUT2D eigenvalue weighted by molar-refractivity contribution is 7.90. The molecule has 4 nitrogen and oxygen atoms in total. The number of nitrogen functional groups attached to an aromatic ring is 1. The highest BCUT2D eigenvalue weighted by Crippen LogP contribution is 2.18. The van der Waals surface area contributed by atoms with E-state index in [-0.39, 0.29) is 5.75 Å². The molecule has 0 atom stereocenters. The molecular weight excluding hydrogens is 212 g/mol. The molecule has 15 heavy (non-hydrogen) atoms. The molecule has 5 heteroatoms. The smallest absolute Gasteiger partial charge is 0.149 e. The molecular formula is C10H16N2O2S. The standard InChI is InChI=1S/C10H16N2O2S/c1-8-3-4-9(11)10(7-8)12-5-6-15(2,13)14/h3-4,7,12H,5-6,11H2,1-2H3. The number of hydrogen-bond donors (Lipinski definition) is 2. The van der Waals surface area contributed by atoms with Gasteiger partial charge in [-0.2, -0.15) is 0 Å². The molecule has 0 fully saturated rings. The number of nitrogens with one attached hydrogen (secondary N) is 1. The summed E-state index contributed by atoms with van der Waals surface area (Å²) < 4.78 is 21.8. The monoisotopic (exact) mass is 228 g/mol. The molecule has 0 aliphatic rings. The van der Waals surface area contributed by atoms with Gasteiger partial charge in [-0.15, -0.1) is 0 Å². The van der Waals surface area contributed by atoms with Crippen molar-refractivity contribution in [3.8, 4) is 0 Å². The molecule has 0 radical (unpaired) electrons. The van der Waals surface area contributed by atoms with Crippen molar-refractivity contribution < 1.29 is 8.42 Å². The first-order valence-corrected chi connectivity index (χ1v) is 6.72. The number of nitrogens with two attached hydrogens (primary N) is 1. The maximum atomic E-state index is 10.9. The lowest BCUT2D eigenvalue weighted by molar-refractivity contribution is 0.602. The summed E-state index contributed by atoms with van der Waals surface area (Å²) in [5.41, 5.74) is 8.24. The topological polar surface area (TPSA) is 72.2 Å².